The molecule has 1 aromatic carbocycles. The summed E-state index contributed by atoms with van der Waals surface area (Å²) in [5.74, 6) is -0.866. The number of hydrogen-bond acceptors (Lipinski definition) is 4. The van der Waals surface area contributed by atoms with E-state index in [0.717, 1.165) is 5.69 Å². The highest BCUT2D eigenvalue weighted by Crippen LogP contribution is 2.38. The smallest absolute Gasteiger partial charge is 0.416 e. The number of aromatic nitrogens is 2. The Kier molecular flexibility index (Phi) is 5.97. The number of ether oxygens (including phenoxy) is 2. The molecule has 0 spiro atoms. The largest absolute Gasteiger partial charge is 0.492 e. The topological polar surface area (TPSA) is 56.6 Å². The zero-order valence-corrected chi connectivity index (χ0v) is 15.7. The van der Waals surface area contributed by atoms with Crippen LogP contribution in [0.4, 0.5) is 26.3 Å². The number of rotatable bonds is 5. The monoisotopic (exact) mass is 437 g/mol. The number of hydrogen-bond donors (Lipinski definition) is 0. The predicted molar refractivity (Wildman–Crippen MR) is 90.8 cm³/mol. The molecule has 0 radical (unpaired) electrons. The van der Waals surface area contributed by atoms with Gasteiger partial charge in [-0.25, -0.2) is 4.98 Å². The third kappa shape index (κ3) is 4.86. The highest BCUT2D eigenvalue weighted by molar-refractivity contribution is 5.90. The van der Waals surface area contributed by atoms with Crippen molar-refractivity contribution < 1.29 is 40.6 Å². The number of nitrogens with zero attached hydrogens (tertiary/aromatic N) is 3. The maximum Gasteiger partial charge on any atom is 0.416 e. The van der Waals surface area contributed by atoms with Crippen molar-refractivity contribution in [2.75, 3.05) is 26.8 Å². The number of alkyl halides is 6. The van der Waals surface area contributed by atoms with Crippen molar-refractivity contribution in [3.05, 3.63) is 47.0 Å². The summed E-state index contributed by atoms with van der Waals surface area (Å²) in [7, 11) is 1.43. The molecule has 0 fully saturated rings. The van der Waals surface area contributed by atoms with Gasteiger partial charge in [0.25, 0.3) is 5.91 Å². The zero-order chi connectivity index (χ0) is 22.1. The molecule has 0 bridgehead atoms. The number of carbonyl (C=O) groups is 1. The lowest BCUT2D eigenvalue weighted by Gasteiger charge is -2.21. The second-order valence-electron chi connectivity index (χ2n) is 6.59. The maximum atomic E-state index is 12.9. The minimum Gasteiger partial charge on any atom is -0.492 e. The average molecular weight is 437 g/mol. The van der Waals surface area contributed by atoms with Gasteiger partial charge in [-0.05, 0) is 18.2 Å². The Labute approximate surface area is 167 Å². The quantitative estimate of drug-likeness (QED) is 0.671. The van der Waals surface area contributed by atoms with Crippen molar-refractivity contribution in [3.63, 3.8) is 0 Å². The van der Waals surface area contributed by atoms with Crippen molar-refractivity contribution >= 4 is 5.91 Å². The van der Waals surface area contributed by atoms with Crippen LogP contribution < -0.4 is 4.74 Å². The summed E-state index contributed by atoms with van der Waals surface area (Å²) in [6, 6.07) is 0.998. The van der Waals surface area contributed by atoms with Gasteiger partial charge < -0.3 is 18.9 Å². The molecular formula is C18H17F6N3O3. The van der Waals surface area contributed by atoms with Gasteiger partial charge in [0, 0.05) is 13.6 Å². The lowest BCUT2D eigenvalue weighted by molar-refractivity contribution is -0.143. The van der Waals surface area contributed by atoms with E-state index in [0.29, 0.717) is 31.9 Å². The molecule has 1 aliphatic heterocycles. The van der Waals surface area contributed by atoms with Crippen LogP contribution in [0, 0.1) is 0 Å². The average Bonchev–Trinajstić information content (AvgIpc) is 3.10. The number of likely N-dealkylation sites (N-methyl/N-ethyl adjacent to an activating group) is 1. The molecule has 1 aliphatic rings. The van der Waals surface area contributed by atoms with E-state index < -0.39 is 35.1 Å². The maximum absolute atomic E-state index is 12.9. The van der Waals surface area contributed by atoms with E-state index in [-0.39, 0.29) is 25.0 Å². The van der Waals surface area contributed by atoms with Crippen LogP contribution in [0.3, 0.4) is 0 Å². The van der Waals surface area contributed by atoms with E-state index in [9.17, 15) is 31.1 Å². The Balaban J connectivity index is 1.67. The molecule has 3 rings (SSSR count). The highest BCUT2D eigenvalue weighted by atomic mass is 19.4. The summed E-state index contributed by atoms with van der Waals surface area (Å²) in [6.07, 6.45) is -8.41. The molecule has 0 saturated heterocycles. The van der Waals surface area contributed by atoms with Crippen molar-refractivity contribution in [2.45, 2.75) is 25.5 Å². The van der Waals surface area contributed by atoms with E-state index >= 15 is 0 Å². The summed E-state index contributed by atoms with van der Waals surface area (Å²) < 4.78 is 89.4. The Bertz CT molecular complexity index is 891. The fourth-order valence-electron chi connectivity index (χ4n) is 2.86. The number of benzene rings is 1. The summed E-state index contributed by atoms with van der Waals surface area (Å²) in [5.41, 5.74) is -2.20. The van der Waals surface area contributed by atoms with E-state index in [1.54, 1.807) is 4.57 Å². The normalized spacial score (nSPS) is 14.4. The van der Waals surface area contributed by atoms with Gasteiger partial charge in [0.15, 0.2) is 5.82 Å². The van der Waals surface area contributed by atoms with Gasteiger partial charge in [0.05, 0.1) is 42.8 Å². The summed E-state index contributed by atoms with van der Waals surface area (Å²) in [5, 5.41) is 0. The number of carbonyl (C=O) groups excluding carboxylic acids is 1. The predicted octanol–water partition coefficient (Wildman–Crippen LogP) is 3.60. The van der Waals surface area contributed by atoms with Gasteiger partial charge in [-0.1, -0.05) is 0 Å². The molecule has 1 aromatic heterocycles. The molecular weight excluding hydrogens is 420 g/mol. The SMILES string of the molecule is CN(CCOc1cc(C(F)(F)F)cc(C(F)(F)F)c1)C(=O)c1ncc2n1CCOC2. The molecule has 2 heterocycles. The fraction of sp³-hybridized carbons (Fsp3) is 0.444. The Morgan fingerprint density at radius 1 is 1.17 bits per heavy atom. The number of imidazole rings is 1. The lowest BCUT2D eigenvalue weighted by atomic mass is 10.1. The molecule has 0 saturated carbocycles. The van der Waals surface area contributed by atoms with Crippen LogP contribution in [0.15, 0.2) is 24.4 Å². The van der Waals surface area contributed by atoms with Gasteiger partial charge in [0.1, 0.15) is 12.4 Å². The van der Waals surface area contributed by atoms with E-state index in [1.807, 2.05) is 0 Å². The minimum absolute atomic E-state index is 0.0215. The number of amides is 1. The molecule has 2 aromatic rings. The van der Waals surface area contributed by atoms with E-state index in [4.69, 9.17) is 9.47 Å². The summed E-state index contributed by atoms with van der Waals surface area (Å²) in [4.78, 5) is 17.8. The van der Waals surface area contributed by atoms with Gasteiger partial charge in [-0.3, -0.25) is 4.79 Å². The molecule has 12 heteroatoms. The molecule has 0 unspecified atom stereocenters. The molecule has 0 aliphatic carbocycles. The molecule has 1 amide bonds. The van der Waals surface area contributed by atoms with Gasteiger partial charge in [-0.15, -0.1) is 0 Å². The van der Waals surface area contributed by atoms with Gasteiger partial charge in [-0.2, -0.15) is 26.3 Å². The van der Waals surface area contributed by atoms with E-state index in [1.165, 1.54) is 18.1 Å². The highest BCUT2D eigenvalue weighted by Gasteiger charge is 2.37. The third-order valence-electron chi connectivity index (χ3n) is 4.44. The van der Waals surface area contributed by atoms with Gasteiger partial charge >= 0.3 is 12.4 Å². The minimum atomic E-state index is -4.96. The first-order valence-corrected chi connectivity index (χ1v) is 8.76. The van der Waals surface area contributed by atoms with Crippen LogP contribution in [0.2, 0.25) is 0 Å². The second-order valence-corrected chi connectivity index (χ2v) is 6.59. The molecule has 30 heavy (non-hydrogen) atoms. The lowest BCUT2D eigenvalue weighted by Crippen LogP contribution is -2.34. The second kappa shape index (κ2) is 8.17. The van der Waals surface area contributed by atoms with Crippen LogP contribution in [-0.4, -0.2) is 47.2 Å². The first-order valence-electron chi connectivity index (χ1n) is 8.76. The van der Waals surface area contributed by atoms with Crippen molar-refractivity contribution in [1.29, 1.82) is 0 Å². The molecule has 0 N–H and O–H groups in total. The first-order chi connectivity index (χ1) is 14.0. The Hall–Kier alpha value is -2.76. The summed E-state index contributed by atoms with van der Waals surface area (Å²) in [6.45, 7) is 0.815. The number of fused-ring (bicyclic) bond motifs is 1. The first kappa shape index (κ1) is 21.9. The van der Waals surface area contributed by atoms with Crippen LogP contribution in [0.1, 0.15) is 27.4 Å². The summed E-state index contributed by atoms with van der Waals surface area (Å²) >= 11 is 0. The Morgan fingerprint density at radius 3 is 2.40 bits per heavy atom. The van der Waals surface area contributed by atoms with Crippen LogP contribution in [0.25, 0.3) is 0 Å². The van der Waals surface area contributed by atoms with E-state index in [2.05, 4.69) is 4.98 Å². The van der Waals surface area contributed by atoms with Gasteiger partial charge in [0.2, 0.25) is 0 Å². The van der Waals surface area contributed by atoms with Crippen molar-refractivity contribution in [3.8, 4) is 5.75 Å². The van der Waals surface area contributed by atoms with Crippen LogP contribution in [0.5, 0.6) is 5.75 Å². The van der Waals surface area contributed by atoms with Crippen molar-refractivity contribution in [2.24, 2.45) is 0 Å². The number of halogens is 6. The Morgan fingerprint density at radius 2 is 1.80 bits per heavy atom. The standard InChI is InChI=1S/C18H17F6N3O3/c1-26(16(28)15-25-9-13-10-29-4-3-27(13)15)2-5-30-14-7-11(17(19,20)21)6-12(8-14)18(22,23)24/h6-9H,2-5,10H2,1H3. The zero-order valence-electron chi connectivity index (χ0n) is 15.7. The van der Waals surface area contributed by atoms with Crippen molar-refractivity contribution in [1.82, 2.24) is 14.5 Å². The third-order valence-corrected chi connectivity index (χ3v) is 4.44. The fourth-order valence-corrected chi connectivity index (χ4v) is 2.86. The molecule has 0 atom stereocenters. The van der Waals surface area contributed by atoms with Crippen LogP contribution >= 0.6 is 0 Å². The van der Waals surface area contributed by atoms with Crippen LogP contribution in [-0.2, 0) is 30.2 Å². The molecule has 6 nitrogen and oxygen atoms in total. The molecule has 164 valence electrons.